The smallest absolute Gasteiger partial charge is 0.269 e. The Bertz CT molecular complexity index is 832. The number of sulfonamides is 1. The van der Waals surface area contributed by atoms with Crippen molar-refractivity contribution in [3.63, 3.8) is 0 Å². The zero-order chi connectivity index (χ0) is 15.2. The summed E-state index contributed by atoms with van der Waals surface area (Å²) < 4.78 is 26.8. The van der Waals surface area contributed by atoms with Gasteiger partial charge >= 0.3 is 0 Å². The maximum Gasteiger partial charge on any atom is 0.269 e. The molecule has 0 saturated heterocycles. The first kappa shape index (κ1) is 14.3. The van der Waals surface area contributed by atoms with E-state index in [9.17, 15) is 13.2 Å². The molecular formula is C14H11IN2O3S. The van der Waals surface area contributed by atoms with Crippen molar-refractivity contribution in [3.8, 4) is 0 Å². The third-order valence-electron chi connectivity index (χ3n) is 3.27. The number of halogens is 1. The number of nitrogens with zero attached hydrogens (tertiary/aromatic N) is 1. The molecule has 0 radical (unpaired) electrons. The molecule has 5 nitrogen and oxygen atoms in total. The van der Waals surface area contributed by atoms with Gasteiger partial charge in [0.1, 0.15) is 4.90 Å². The van der Waals surface area contributed by atoms with E-state index in [0.29, 0.717) is 5.69 Å². The van der Waals surface area contributed by atoms with Gasteiger partial charge in [0.25, 0.3) is 15.9 Å². The number of rotatable bonds is 2. The van der Waals surface area contributed by atoms with Crippen molar-refractivity contribution >= 4 is 44.2 Å². The number of hydrogen-bond donors (Lipinski definition) is 1. The second-order valence-corrected chi connectivity index (χ2v) is 7.78. The maximum atomic E-state index is 12.4. The van der Waals surface area contributed by atoms with Gasteiger partial charge in [-0.1, -0.05) is 12.1 Å². The number of nitrogen functional groups attached to an aromatic ring is 1. The van der Waals surface area contributed by atoms with Gasteiger partial charge in [-0.2, -0.15) is 0 Å². The second kappa shape index (κ2) is 4.99. The van der Waals surface area contributed by atoms with Gasteiger partial charge in [0, 0.05) is 9.26 Å². The monoisotopic (exact) mass is 414 g/mol. The van der Waals surface area contributed by atoms with Gasteiger partial charge in [-0.25, -0.2) is 12.7 Å². The van der Waals surface area contributed by atoms with E-state index in [2.05, 4.69) is 22.6 Å². The van der Waals surface area contributed by atoms with Crippen LogP contribution in [0.3, 0.4) is 0 Å². The van der Waals surface area contributed by atoms with Crippen LogP contribution in [0.1, 0.15) is 15.9 Å². The summed E-state index contributed by atoms with van der Waals surface area (Å²) in [5, 5.41) is 0. The lowest BCUT2D eigenvalue weighted by atomic mass is 10.1. The standard InChI is InChI=1S/C14H11IN2O3S/c15-10-3-1-9(2-4-10)8-17-14(18)12-7-11(16)5-6-13(12)21(17,19)20/h1-7H,8,16H2. The fourth-order valence-corrected chi connectivity index (χ4v) is 4.11. The van der Waals surface area contributed by atoms with Crippen LogP contribution >= 0.6 is 22.6 Å². The quantitative estimate of drug-likeness (QED) is 0.604. The molecule has 0 spiro atoms. The number of amides is 1. The van der Waals surface area contributed by atoms with Gasteiger partial charge in [-0.05, 0) is 58.5 Å². The van der Waals surface area contributed by atoms with Crippen LogP contribution in [-0.4, -0.2) is 18.6 Å². The molecule has 3 rings (SSSR count). The summed E-state index contributed by atoms with van der Waals surface area (Å²) in [7, 11) is -3.79. The van der Waals surface area contributed by atoms with Crippen LogP contribution in [0.15, 0.2) is 47.4 Å². The van der Waals surface area contributed by atoms with Crippen LogP contribution in [0.4, 0.5) is 5.69 Å². The van der Waals surface area contributed by atoms with Crippen molar-refractivity contribution in [1.29, 1.82) is 0 Å². The molecule has 1 aliphatic heterocycles. The zero-order valence-electron chi connectivity index (χ0n) is 10.8. The fraction of sp³-hybridized carbons (Fsp3) is 0.0714. The van der Waals surface area contributed by atoms with E-state index in [0.717, 1.165) is 13.4 Å². The molecule has 0 saturated carbocycles. The molecule has 0 aromatic heterocycles. The van der Waals surface area contributed by atoms with Gasteiger partial charge in [0.15, 0.2) is 0 Å². The van der Waals surface area contributed by atoms with E-state index >= 15 is 0 Å². The number of benzene rings is 2. The largest absolute Gasteiger partial charge is 0.399 e. The Balaban J connectivity index is 2.02. The highest BCUT2D eigenvalue weighted by Gasteiger charge is 2.41. The number of fused-ring (bicyclic) bond motifs is 1. The Morgan fingerprint density at radius 1 is 1.10 bits per heavy atom. The van der Waals surface area contributed by atoms with Crippen LogP contribution in [-0.2, 0) is 16.6 Å². The average molecular weight is 414 g/mol. The summed E-state index contributed by atoms with van der Waals surface area (Å²) in [6.45, 7) is 0.0205. The molecule has 108 valence electrons. The van der Waals surface area contributed by atoms with Gasteiger partial charge in [0.05, 0.1) is 12.1 Å². The molecule has 0 atom stereocenters. The lowest BCUT2D eigenvalue weighted by Crippen LogP contribution is -2.29. The first-order chi connectivity index (χ1) is 9.89. The summed E-state index contributed by atoms with van der Waals surface area (Å²) in [6.07, 6.45) is 0. The van der Waals surface area contributed by atoms with E-state index in [-0.39, 0.29) is 17.0 Å². The first-order valence-electron chi connectivity index (χ1n) is 6.10. The van der Waals surface area contributed by atoms with Crippen molar-refractivity contribution in [2.45, 2.75) is 11.4 Å². The molecule has 1 aliphatic rings. The van der Waals surface area contributed by atoms with Gasteiger partial charge in [-0.15, -0.1) is 0 Å². The van der Waals surface area contributed by atoms with Crippen molar-refractivity contribution in [2.24, 2.45) is 0 Å². The molecule has 0 bridgehead atoms. The Kier molecular flexibility index (Phi) is 3.40. The molecule has 2 aromatic carbocycles. The van der Waals surface area contributed by atoms with Gasteiger partial charge in [-0.3, -0.25) is 4.79 Å². The molecule has 2 N–H and O–H groups in total. The summed E-state index contributed by atoms with van der Waals surface area (Å²) in [5.74, 6) is -0.532. The van der Waals surface area contributed by atoms with Crippen molar-refractivity contribution < 1.29 is 13.2 Å². The minimum Gasteiger partial charge on any atom is -0.399 e. The van der Waals surface area contributed by atoms with Gasteiger partial charge in [0.2, 0.25) is 0 Å². The number of carbonyl (C=O) groups excluding carboxylic acids is 1. The van der Waals surface area contributed by atoms with Crippen LogP contribution in [0.2, 0.25) is 0 Å². The lowest BCUT2D eigenvalue weighted by Gasteiger charge is -2.15. The van der Waals surface area contributed by atoms with E-state index < -0.39 is 15.9 Å². The molecule has 0 fully saturated rings. The van der Waals surface area contributed by atoms with E-state index in [1.54, 1.807) is 0 Å². The van der Waals surface area contributed by atoms with E-state index in [1.165, 1.54) is 18.2 Å². The summed E-state index contributed by atoms with van der Waals surface area (Å²) in [5.41, 5.74) is 6.90. The Morgan fingerprint density at radius 3 is 2.43 bits per heavy atom. The lowest BCUT2D eigenvalue weighted by molar-refractivity contribution is 0.0865. The average Bonchev–Trinajstić information content (AvgIpc) is 2.62. The van der Waals surface area contributed by atoms with Crippen molar-refractivity contribution in [1.82, 2.24) is 4.31 Å². The Hall–Kier alpha value is -1.61. The van der Waals surface area contributed by atoms with E-state index in [4.69, 9.17) is 5.73 Å². The Morgan fingerprint density at radius 2 is 1.76 bits per heavy atom. The molecule has 1 heterocycles. The number of nitrogens with two attached hydrogens (primary N) is 1. The fourth-order valence-electron chi connectivity index (χ4n) is 2.21. The predicted molar refractivity (Wildman–Crippen MR) is 87.1 cm³/mol. The summed E-state index contributed by atoms with van der Waals surface area (Å²) >= 11 is 2.16. The van der Waals surface area contributed by atoms with Gasteiger partial charge < -0.3 is 5.73 Å². The third kappa shape index (κ3) is 2.40. The Labute approximate surface area is 135 Å². The minimum absolute atomic E-state index is 0.0205. The van der Waals surface area contributed by atoms with E-state index in [1.807, 2.05) is 24.3 Å². The highest BCUT2D eigenvalue weighted by molar-refractivity contribution is 14.1. The second-order valence-electron chi connectivity index (χ2n) is 4.70. The van der Waals surface area contributed by atoms with Crippen molar-refractivity contribution in [2.75, 3.05) is 5.73 Å². The number of anilines is 1. The minimum atomic E-state index is -3.79. The van der Waals surface area contributed by atoms with Crippen LogP contribution in [0, 0.1) is 3.57 Å². The number of carbonyl (C=O) groups is 1. The first-order valence-corrected chi connectivity index (χ1v) is 8.62. The van der Waals surface area contributed by atoms with Crippen LogP contribution < -0.4 is 5.73 Å². The topological polar surface area (TPSA) is 80.5 Å². The summed E-state index contributed by atoms with van der Waals surface area (Å²) in [4.78, 5) is 12.3. The maximum absolute atomic E-state index is 12.4. The zero-order valence-corrected chi connectivity index (χ0v) is 13.8. The highest BCUT2D eigenvalue weighted by atomic mass is 127. The molecule has 1 amide bonds. The molecule has 2 aromatic rings. The number of hydrogen-bond acceptors (Lipinski definition) is 4. The predicted octanol–water partition coefficient (Wildman–Crippen LogP) is 2.22. The molecule has 21 heavy (non-hydrogen) atoms. The SMILES string of the molecule is Nc1ccc2c(c1)C(=O)N(Cc1ccc(I)cc1)S2(=O)=O. The highest BCUT2D eigenvalue weighted by Crippen LogP contribution is 2.32. The molecular weight excluding hydrogens is 403 g/mol. The van der Waals surface area contributed by atoms with Crippen LogP contribution in [0.5, 0.6) is 0 Å². The van der Waals surface area contributed by atoms with Crippen LogP contribution in [0.25, 0.3) is 0 Å². The third-order valence-corrected chi connectivity index (χ3v) is 5.77. The normalized spacial score (nSPS) is 16.0. The molecule has 0 aliphatic carbocycles. The van der Waals surface area contributed by atoms with Crippen molar-refractivity contribution in [3.05, 3.63) is 57.2 Å². The molecule has 7 heteroatoms. The molecule has 0 unspecified atom stereocenters. The summed E-state index contributed by atoms with van der Waals surface area (Å²) in [6, 6.07) is 11.6.